The predicted molar refractivity (Wildman–Crippen MR) is 113 cm³/mol. The Morgan fingerprint density at radius 1 is 0.909 bits per heavy atom. The van der Waals surface area contributed by atoms with Crippen LogP contribution in [0.15, 0.2) is 65.6 Å². The Kier molecular flexibility index (Phi) is 6.14. The van der Waals surface area contributed by atoms with E-state index in [4.69, 9.17) is 9.47 Å². The Morgan fingerprint density at radius 2 is 1.58 bits per heavy atom. The number of ether oxygens (including phenoxy) is 2. The molecule has 3 aromatic rings. The van der Waals surface area contributed by atoms with Crippen molar-refractivity contribution in [2.75, 3.05) is 29.4 Å². The van der Waals surface area contributed by atoms with E-state index < -0.39 is 45.6 Å². The smallest absolute Gasteiger partial charge is 0.264 e. The van der Waals surface area contributed by atoms with Gasteiger partial charge in [0.2, 0.25) is 5.91 Å². The number of amides is 1. The molecule has 0 spiro atoms. The molecule has 1 N–H and O–H groups in total. The van der Waals surface area contributed by atoms with Crippen molar-refractivity contribution in [2.24, 2.45) is 0 Å². The fourth-order valence-electron chi connectivity index (χ4n) is 3.18. The van der Waals surface area contributed by atoms with Crippen LogP contribution in [0.3, 0.4) is 0 Å². The molecule has 0 atom stereocenters. The minimum Gasteiger partial charge on any atom is -0.486 e. The Balaban J connectivity index is 1.70. The van der Waals surface area contributed by atoms with Crippen LogP contribution in [0, 0.1) is 17.5 Å². The SMILES string of the molecule is O=C(CN(c1cccc(F)c1)S(=O)(=O)c1ccc2c(c1)OCCO2)Nc1c(F)cccc1F. The minimum atomic E-state index is -4.43. The quantitative estimate of drug-likeness (QED) is 0.584. The summed E-state index contributed by atoms with van der Waals surface area (Å²) < 4.78 is 80.0. The zero-order valence-corrected chi connectivity index (χ0v) is 17.7. The molecular formula is C22H17F3N2O5S. The fraction of sp³-hybridized carbons (Fsp3) is 0.136. The van der Waals surface area contributed by atoms with Gasteiger partial charge in [-0.3, -0.25) is 9.10 Å². The van der Waals surface area contributed by atoms with Crippen LogP contribution in [0.25, 0.3) is 0 Å². The maximum absolute atomic E-state index is 13.9. The monoisotopic (exact) mass is 478 g/mol. The van der Waals surface area contributed by atoms with Gasteiger partial charge in [0.1, 0.15) is 42.9 Å². The fourth-order valence-corrected chi connectivity index (χ4v) is 4.61. The molecule has 33 heavy (non-hydrogen) atoms. The average molecular weight is 478 g/mol. The molecule has 0 saturated carbocycles. The predicted octanol–water partition coefficient (Wildman–Crippen LogP) is 3.71. The zero-order chi connectivity index (χ0) is 23.6. The first-order chi connectivity index (χ1) is 15.8. The molecule has 172 valence electrons. The Labute approximate surface area is 187 Å². The summed E-state index contributed by atoms with van der Waals surface area (Å²) in [6.45, 7) is -0.351. The molecule has 0 aromatic heterocycles. The molecule has 3 aromatic carbocycles. The number of hydrogen-bond donors (Lipinski definition) is 1. The molecule has 1 aliphatic heterocycles. The van der Waals surface area contributed by atoms with Gasteiger partial charge >= 0.3 is 0 Å². The highest BCUT2D eigenvalue weighted by Crippen LogP contribution is 2.34. The Morgan fingerprint density at radius 3 is 2.27 bits per heavy atom. The first-order valence-corrected chi connectivity index (χ1v) is 11.1. The topological polar surface area (TPSA) is 84.9 Å². The summed E-state index contributed by atoms with van der Waals surface area (Å²) in [5.74, 6) is -3.30. The molecule has 1 aliphatic rings. The van der Waals surface area contributed by atoms with Crippen molar-refractivity contribution in [1.82, 2.24) is 0 Å². The number of rotatable bonds is 6. The Hall–Kier alpha value is -3.73. The lowest BCUT2D eigenvalue weighted by Crippen LogP contribution is -2.38. The summed E-state index contributed by atoms with van der Waals surface area (Å²) in [4.78, 5) is 12.4. The molecule has 0 radical (unpaired) electrons. The van der Waals surface area contributed by atoms with Gasteiger partial charge in [-0.2, -0.15) is 0 Å². The van der Waals surface area contributed by atoms with Gasteiger partial charge in [0.05, 0.1) is 10.6 Å². The normalized spacial score (nSPS) is 12.8. The first-order valence-electron chi connectivity index (χ1n) is 9.67. The van der Waals surface area contributed by atoms with E-state index in [9.17, 15) is 26.4 Å². The molecule has 0 fully saturated rings. The molecule has 11 heteroatoms. The number of hydrogen-bond acceptors (Lipinski definition) is 5. The number of carbonyl (C=O) groups excluding carboxylic acids is 1. The van der Waals surface area contributed by atoms with Gasteiger partial charge in [0.15, 0.2) is 11.5 Å². The van der Waals surface area contributed by atoms with Crippen LogP contribution in [-0.2, 0) is 14.8 Å². The van der Waals surface area contributed by atoms with Crippen LogP contribution in [0.4, 0.5) is 24.5 Å². The number of nitrogens with one attached hydrogen (secondary N) is 1. The number of carbonyl (C=O) groups is 1. The van der Waals surface area contributed by atoms with Crippen LogP contribution in [-0.4, -0.2) is 34.1 Å². The molecule has 1 heterocycles. The minimum absolute atomic E-state index is 0.158. The van der Waals surface area contributed by atoms with Gasteiger partial charge in [-0.1, -0.05) is 12.1 Å². The summed E-state index contributed by atoms with van der Waals surface area (Å²) in [6, 6.07) is 11.5. The van der Waals surface area contributed by atoms with E-state index in [1.54, 1.807) is 0 Å². The Bertz CT molecular complexity index is 1300. The van der Waals surface area contributed by atoms with Gasteiger partial charge in [-0.15, -0.1) is 0 Å². The summed E-state index contributed by atoms with van der Waals surface area (Å²) >= 11 is 0. The van der Waals surface area contributed by atoms with Crippen molar-refractivity contribution in [1.29, 1.82) is 0 Å². The van der Waals surface area contributed by atoms with Gasteiger partial charge in [0.25, 0.3) is 10.0 Å². The molecule has 1 amide bonds. The molecule has 0 aliphatic carbocycles. The third kappa shape index (κ3) is 4.72. The van der Waals surface area contributed by atoms with Crippen molar-refractivity contribution in [3.8, 4) is 11.5 Å². The van der Waals surface area contributed by atoms with E-state index >= 15 is 0 Å². The van der Waals surface area contributed by atoms with E-state index in [0.717, 1.165) is 30.3 Å². The third-order valence-electron chi connectivity index (χ3n) is 4.71. The maximum atomic E-state index is 13.9. The summed E-state index contributed by atoms with van der Waals surface area (Å²) in [6.07, 6.45) is 0. The van der Waals surface area contributed by atoms with E-state index in [0.29, 0.717) is 16.7 Å². The second kappa shape index (κ2) is 9.02. The molecule has 0 unspecified atom stereocenters. The molecule has 0 bridgehead atoms. The van der Waals surface area contributed by atoms with Crippen LogP contribution < -0.4 is 19.1 Å². The van der Waals surface area contributed by atoms with Crippen molar-refractivity contribution in [3.05, 3.63) is 78.1 Å². The highest BCUT2D eigenvalue weighted by molar-refractivity contribution is 7.92. The van der Waals surface area contributed by atoms with Crippen LogP contribution in [0.2, 0.25) is 0 Å². The lowest BCUT2D eigenvalue weighted by atomic mass is 10.3. The molecule has 7 nitrogen and oxygen atoms in total. The van der Waals surface area contributed by atoms with Gasteiger partial charge in [0, 0.05) is 6.07 Å². The van der Waals surface area contributed by atoms with Crippen molar-refractivity contribution in [2.45, 2.75) is 4.90 Å². The number of benzene rings is 3. The van der Waals surface area contributed by atoms with E-state index in [2.05, 4.69) is 0 Å². The van der Waals surface area contributed by atoms with E-state index in [1.165, 1.54) is 30.3 Å². The van der Waals surface area contributed by atoms with E-state index in [1.807, 2.05) is 5.32 Å². The van der Waals surface area contributed by atoms with Crippen molar-refractivity contribution in [3.63, 3.8) is 0 Å². The average Bonchev–Trinajstić information content (AvgIpc) is 2.79. The third-order valence-corrected chi connectivity index (χ3v) is 6.48. The summed E-state index contributed by atoms with van der Waals surface area (Å²) in [5.41, 5.74) is -0.882. The van der Waals surface area contributed by atoms with Crippen LogP contribution >= 0.6 is 0 Å². The standard InChI is InChI=1S/C22H17F3N2O5S/c23-14-3-1-4-15(11-14)27(13-21(28)26-22-17(24)5-2-6-18(22)25)33(29,30)16-7-8-19-20(12-16)32-10-9-31-19/h1-8,11-12H,9-10,13H2,(H,26,28). The highest BCUT2D eigenvalue weighted by atomic mass is 32.2. The van der Waals surface area contributed by atoms with Gasteiger partial charge < -0.3 is 14.8 Å². The summed E-state index contributed by atoms with van der Waals surface area (Å²) in [5, 5.41) is 2.03. The van der Waals surface area contributed by atoms with Crippen LogP contribution in [0.1, 0.15) is 0 Å². The number of nitrogens with zero attached hydrogens (tertiary/aromatic N) is 1. The lowest BCUT2D eigenvalue weighted by molar-refractivity contribution is -0.114. The zero-order valence-electron chi connectivity index (χ0n) is 16.9. The number of anilines is 2. The maximum Gasteiger partial charge on any atom is 0.264 e. The van der Waals surface area contributed by atoms with Crippen molar-refractivity contribution < 1.29 is 35.9 Å². The second-order valence-corrected chi connectivity index (χ2v) is 8.80. The van der Waals surface area contributed by atoms with Gasteiger partial charge in [-0.05, 0) is 42.5 Å². The van der Waals surface area contributed by atoms with Crippen LogP contribution in [0.5, 0.6) is 11.5 Å². The lowest BCUT2D eigenvalue weighted by Gasteiger charge is -2.25. The number of sulfonamides is 1. The summed E-state index contributed by atoms with van der Waals surface area (Å²) in [7, 11) is -4.43. The number of fused-ring (bicyclic) bond motifs is 1. The number of halogens is 3. The number of para-hydroxylation sites is 1. The van der Waals surface area contributed by atoms with E-state index in [-0.39, 0.29) is 22.9 Å². The highest BCUT2D eigenvalue weighted by Gasteiger charge is 2.29. The van der Waals surface area contributed by atoms with Crippen molar-refractivity contribution >= 4 is 27.3 Å². The first kappa shape index (κ1) is 22.5. The van der Waals surface area contributed by atoms with Gasteiger partial charge in [-0.25, -0.2) is 21.6 Å². The molecule has 4 rings (SSSR count). The molecule has 0 saturated heterocycles. The molecular weight excluding hydrogens is 461 g/mol. The largest absolute Gasteiger partial charge is 0.486 e. The second-order valence-electron chi connectivity index (χ2n) is 6.94.